The fourth-order valence-electron chi connectivity index (χ4n) is 0.980. The van der Waals surface area contributed by atoms with E-state index < -0.39 is 6.04 Å². The monoisotopic (exact) mass is 183 g/mol. The summed E-state index contributed by atoms with van der Waals surface area (Å²) >= 11 is 0. The van der Waals surface area contributed by atoms with Crippen LogP contribution in [0.2, 0.25) is 0 Å². The number of hydrogen-bond acceptors (Lipinski definition) is 3. The highest BCUT2D eigenvalue weighted by molar-refractivity contribution is 5.81. The van der Waals surface area contributed by atoms with Crippen LogP contribution in [0, 0.1) is 11.3 Å². The molecule has 13 heavy (non-hydrogen) atoms. The van der Waals surface area contributed by atoms with Gasteiger partial charge in [0.25, 0.3) is 0 Å². The van der Waals surface area contributed by atoms with E-state index in [-0.39, 0.29) is 11.9 Å². The Hall–Kier alpha value is -1.08. The zero-order valence-corrected chi connectivity index (χ0v) is 8.21. The Balaban J connectivity index is 3.79. The van der Waals surface area contributed by atoms with E-state index in [1.807, 2.05) is 13.0 Å². The van der Waals surface area contributed by atoms with Crippen molar-refractivity contribution in [3.63, 3.8) is 0 Å². The molecule has 0 aliphatic rings. The largest absolute Gasteiger partial charge is 0.351 e. The van der Waals surface area contributed by atoms with Crippen LogP contribution < -0.4 is 11.1 Å². The van der Waals surface area contributed by atoms with E-state index in [1.165, 1.54) is 0 Å². The second-order valence-corrected chi connectivity index (χ2v) is 3.17. The number of nitrogens with one attached hydrogen (secondary N) is 1. The third-order valence-corrected chi connectivity index (χ3v) is 1.72. The summed E-state index contributed by atoms with van der Waals surface area (Å²) in [5.41, 5.74) is 5.58. The molecule has 3 N–H and O–H groups in total. The zero-order valence-electron chi connectivity index (χ0n) is 8.21. The van der Waals surface area contributed by atoms with Crippen LogP contribution in [0.5, 0.6) is 0 Å². The lowest BCUT2D eigenvalue weighted by Gasteiger charge is -2.14. The summed E-state index contributed by atoms with van der Waals surface area (Å²) in [4.78, 5) is 11.3. The number of amides is 1. The molecule has 0 spiro atoms. The minimum absolute atomic E-state index is 0.111. The normalized spacial score (nSPS) is 14.3. The third-order valence-electron chi connectivity index (χ3n) is 1.72. The Morgan fingerprint density at radius 1 is 1.69 bits per heavy atom. The molecule has 4 nitrogen and oxygen atoms in total. The molecule has 0 bridgehead atoms. The second kappa shape index (κ2) is 6.44. The molecule has 0 fully saturated rings. The molecule has 74 valence electrons. The van der Waals surface area contributed by atoms with Gasteiger partial charge in [0, 0.05) is 6.04 Å². The number of nitriles is 1. The first-order chi connectivity index (χ1) is 6.11. The van der Waals surface area contributed by atoms with Crippen molar-refractivity contribution in [3.05, 3.63) is 0 Å². The van der Waals surface area contributed by atoms with Gasteiger partial charge in [-0.1, -0.05) is 13.3 Å². The van der Waals surface area contributed by atoms with E-state index in [9.17, 15) is 4.79 Å². The second-order valence-electron chi connectivity index (χ2n) is 3.17. The molecule has 2 atom stereocenters. The van der Waals surface area contributed by atoms with Crippen LogP contribution in [0.3, 0.4) is 0 Å². The van der Waals surface area contributed by atoms with Crippen LogP contribution in [-0.2, 0) is 4.79 Å². The molecule has 0 aliphatic heterocycles. The van der Waals surface area contributed by atoms with Gasteiger partial charge in [-0.25, -0.2) is 0 Å². The molecule has 0 aromatic rings. The van der Waals surface area contributed by atoms with Gasteiger partial charge in [-0.05, 0) is 13.3 Å². The van der Waals surface area contributed by atoms with Gasteiger partial charge in [-0.2, -0.15) is 5.26 Å². The summed E-state index contributed by atoms with van der Waals surface area (Å²) in [7, 11) is 0. The number of hydrogen-bond donors (Lipinski definition) is 2. The SMILES string of the molecule is CCC[C@H](N)C(=O)NC(C)CC#N. The first-order valence-electron chi connectivity index (χ1n) is 4.54. The molecule has 0 saturated heterocycles. The highest BCUT2D eigenvalue weighted by Crippen LogP contribution is 1.95. The van der Waals surface area contributed by atoms with Crippen molar-refractivity contribution in [1.29, 1.82) is 5.26 Å². The molecule has 0 aromatic carbocycles. The van der Waals surface area contributed by atoms with Crippen LogP contribution in [0.15, 0.2) is 0 Å². The number of carbonyl (C=O) groups is 1. The molecule has 4 heteroatoms. The number of nitrogens with two attached hydrogens (primary N) is 1. The summed E-state index contributed by atoms with van der Waals surface area (Å²) in [5.74, 6) is -0.162. The van der Waals surface area contributed by atoms with Gasteiger partial charge in [0.1, 0.15) is 0 Å². The van der Waals surface area contributed by atoms with Crippen molar-refractivity contribution in [2.45, 2.75) is 45.2 Å². The lowest BCUT2D eigenvalue weighted by molar-refractivity contribution is -0.123. The van der Waals surface area contributed by atoms with Crippen molar-refractivity contribution in [2.24, 2.45) is 5.73 Å². The average molecular weight is 183 g/mol. The first kappa shape index (κ1) is 11.9. The Bertz CT molecular complexity index is 198. The van der Waals surface area contributed by atoms with Gasteiger partial charge in [-0.3, -0.25) is 4.79 Å². The molecule has 0 heterocycles. The van der Waals surface area contributed by atoms with Gasteiger partial charge in [0.2, 0.25) is 5.91 Å². The molecular formula is C9H17N3O. The van der Waals surface area contributed by atoms with Crippen LogP contribution >= 0.6 is 0 Å². The molecule has 1 amide bonds. The van der Waals surface area contributed by atoms with Crippen LogP contribution in [-0.4, -0.2) is 18.0 Å². The maximum absolute atomic E-state index is 11.3. The van der Waals surface area contributed by atoms with Gasteiger partial charge < -0.3 is 11.1 Å². The van der Waals surface area contributed by atoms with E-state index in [1.54, 1.807) is 6.92 Å². The predicted molar refractivity (Wildman–Crippen MR) is 50.7 cm³/mol. The maximum Gasteiger partial charge on any atom is 0.237 e. The fraction of sp³-hybridized carbons (Fsp3) is 0.778. The summed E-state index contributed by atoms with van der Waals surface area (Å²) in [5, 5.41) is 11.0. The highest BCUT2D eigenvalue weighted by Gasteiger charge is 2.13. The molecule has 0 aromatic heterocycles. The van der Waals surface area contributed by atoms with E-state index in [0.717, 1.165) is 6.42 Å². The minimum atomic E-state index is -0.439. The van der Waals surface area contributed by atoms with Gasteiger partial charge in [0.15, 0.2) is 0 Å². The van der Waals surface area contributed by atoms with Crippen LogP contribution in [0.4, 0.5) is 0 Å². The van der Waals surface area contributed by atoms with Crippen molar-refractivity contribution < 1.29 is 4.79 Å². The lowest BCUT2D eigenvalue weighted by atomic mass is 10.1. The summed E-state index contributed by atoms with van der Waals surface area (Å²) in [6.45, 7) is 3.77. The molecule has 0 radical (unpaired) electrons. The Morgan fingerprint density at radius 2 is 2.31 bits per heavy atom. The predicted octanol–water partition coefficient (Wildman–Crippen LogP) is 0.532. The van der Waals surface area contributed by atoms with E-state index in [0.29, 0.717) is 12.8 Å². The minimum Gasteiger partial charge on any atom is -0.351 e. The fourth-order valence-corrected chi connectivity index (χ4v) is 0.980. The van der Waals surface area contributed by atoms with Crippen molar-refractivity contribution in [3.8, 4) is 6.07 Å². The number of carbonyl (C=O) groups excluding carboxylic acids is 1. The summed E-state index contributed by atoms with van der Waals surface area (Å²) in [6.07, 6.45) is 1.90. The van der Waals surface area contributed by atoms with Crippen LogP contribution in [0.25, 0.3) is 0 Å². The van der Waals surface area contributed by atoms with E-state index in [4.69, 9.17) is 11.0 Å². The topological polar surface area (TPSA) is 78.9 Å². The highest BCUT2D eigenvalue weighted by atomic mass is 16.2. The zero-order chi connectivity index (χ0) is 10.3. The number of nitrogens with zero attached hydrogens (tertiary/aromatic N) is 1. The molecule has 0 saturated carbocycles. The summed E-state index contributed by atoms with van der Waals surface area (Å²) in [6, 6.07) is 1.44. The lowest BCUT2D eigenvalue weighted by Crippen LogP contribution is -2.44. The van der Waals surface area contributed by atoms with E-state index >= 15 is 0 Å². The Labute approximate surface area is 79.1 Å². The van der Waals surface area contributed by atoms with Crippen LogP contribution in [0.1, 0.15) is 33.1 Å². The Morgan fingerprint density at radius 3 is 2.77 bits per heavy atom. The third kappa shape index (κ3) is 5.21. The summed E-state index contributed by atoms with van der Waals surface area (Å²) < 4.78 is 0. The quantitative estimate of drug-likeness (QED) is 0.652. The van der Waals surface area contributed by atoms with E-state index in [2.05, 4.69) is 5.32 Å². The molecule has 1 unspecified atom stereocenters. The molecule has 0 aliphatic carbocycles. The standard InChI is InChI=1S/C9H17N3O/c1-3-4-8(11)9(13)12-7(2)5-6-10/h7-8H,3-5,11H2,1-2H3,(H,12,13)/t7?,8-/m0/s1. The van der Waals surface area contributed by atoms with Gasteiger partial charge in [0.05, 0.1) is 18.5 Å². The maximum atomic E-state index is 11.3. The van der Waals surface area contributed by atoms with Gasteiger partial charge >= 0.3 is 0 Å². The van der Waals surface area contributed by atoms with Crippen molar-refractivity contribution in [1.82, 2.24) is 5.32 Å². The van der Waals surface area contributed by atoms with Crippen molar-refractivity contribution in [2.75, 3.05) is 0 Å². The van der Waals surface area contributed by atoms with Crippen molar-refractivity contribution >= 4 is 5.91 Å². The Kier molecular flexibility index (Phi) is 5.90. The molecular weight excluding hydrogens is 166 g/mol. The smallest absolute Gasteiger partial charge is 0.237 e. The van der Waals surface area contributed by atoms with Gasteiger partial charge in [-0.15, -0.1) is 0 Å². The number of rotatable bonds is 5. The first-order valence-corrected chi connectivity index (χ1v) is 4.54. The average Bonchev–Trinajstić information content (AvgIpc) is 2.05. The molecule has 0 rings (SSSR count).